The van der Waals surface area contributed by atoms with Crippen LogP contribution >= 0.6 is 0 Å². The lowest BCUT2D eigenvalue weighted by Gasteiger charge is -2.33. The van der Waals surface area contributed by atoms with Crippen LogP contribution in [0, 0.1) is 24.7 Å². The fourth-order valence-corrected chi connectivity index (χ4v) is 5.00. The summed E-state index contributed by atoms with van der Waals surface area (Å²) in [6.45, 7) is 12.3. The Balaban J connectivity index is 1.92. The Labute approximate surface area is 204 Å². The highest BCUT2D eigenvalue weighted by Gasteiger charge is 2.55. The van der Waals surface area contributed by atoms with Crippen molar-refractivity contribution in [3.63, 3.8) is 0 Å². The molecule has 0 aromatic heterocycles. The molecule has 2 aliphatic heterocycles. The molecule has 1 saturated heterocycles. The Morgan fingerprint density at radius 2 is 1.94 bits per heavy atom. The van der Waals surface area contributed by atoms with Gasteiger partial charge in [-0.05, 0) is 69.6 Å². The van der Waals surface area contributed by atoms with E-state index < -0.39 is 5.72 Å². The van der Waals surface area contributed by atoms with E-state index in [9.17, 15) is 9.90 Å². The van der Waals surface area contributed by atoms with Gasteiger partial charge in [-0.3, -0.25) is 4.79 Å². The molecule has 0 saturated carbocycles. The van der Waals surface area contributed by atoms with Gasteiger partial charge in [-0.15, -0.1) is 0 Å². The summed E-state index contributed by atoms with van der Waals surface area (Å²) in [5, 5.41) is 14.1. The van der Waals surface area contributed by atoms with Crippen LogP contribution in [-0.2, 0) is 16.0 Å². The van der Waals surface area contributed by atoms with Crippen LogP contribution in [-0.4, -0.2) is 35.6 Å². The lowest BCUT2D eigenvalue weighted by Crippen LogP contribution is -2.47. The van der Waals surface area contributed by atoms with Crippen molar-refractivity contribution in [3.8, 4) is 5.75 Å². The average molecular weight is 471 g/mol. The monoisotopic (exact) mass is 470 g/mol. The van der Waals surface area contributed by atoms with E-state index in [1.807, 2.05) is 44.2 Å². The molecule has 1 fully saturated rings. The molecule has 2 aliphatic rings. The largest absolute Gasteiger partial charge is 0.496 e. The van der Waals surface area contributed by atoms with E-state index in [2.05, 4.69) is 33.0 Å². The van der Waals surface area contributed by atoms with Gasteiger partial charge in [0.2, 0.25) is 5.91 Å². The number of fused-ring (bicyclic) bond motifs is 3. The van der Waals surface area contributed by atoms with Crippen molar-refractivity contribution in [2.24, 2.45) is 23.5 Å². The van der Waals surface area contributed by atoms with Gasteiger partial charge in [0, 0.05) is 23.6 Å². The number of amides is 1. The number of hydrogen-bond acceptors (Lipinski definition) is 5. The first-order chi connectivity index (χ1) is 15.9. The minimum Gasteiger partial charge on any atom is -0.496 e. The van der Waals surface area contributed by atoms with Crippen molar-refractivity contribution in [2.75, 3.05) is 12.4 Å². The van der Waals surface area contributed by atoms with Crippen LogP contribution in [0.5, 0.6) is 5.75 Å². The van der Waals surface area contributed by atoms with E-state index in [4.69, 9.17) is 15.2 Å². The maximum absolute atomic E-state index is 12.8. The normalized spacial score (nSPS) is 37.7. The van der Waals surface area contributed by atoms with Gasteiger partial charge in [-0.1, -0.05) is 44.6 Å². The number of rotatable bonds is 1. The smallest absolute Gasteiger partial charge is 0.224 e. The van der Waals surface area contributed by atoms with Gasteiger partial charge >= 0.3 is 0 Å². The van der Waals surface area contributed by atoms with Gasteiger partial charge in [-0.25, -0.2) is 0 Å². The molecular weight excluding hydrogens is 428 g/mol. The minimum absolute atomic E-state index is 0.0308. The SMILES string of the molecule is COc1cc2cc(c1C)NC(=O)CC[C@]1(C)O[C@H]1C(C)[C@@H](C)C[C@](N)(O)[C@H](C)/C=C/C=C(\C)C2. The molecule has 2 bridgehead atoms. The fourth-order valence-electron chi connectivity index (χ4n) is 5.00. The lowest BCUT2D eigenvalue weighted by atomic mass is 9.79. The quantitative estimate of drug-likeness (QED) is 0.401. The van der Waals surface area contributed by atoms with Crippen LogP contribution in [0.3, 0.4) is 0 Å². The molecule has 4 N–H and O–H groups in total. The molecule has 0 spiro atoms. The summed E-state index contributed by atoms with van der Waals surface area (Å²) in [4.78, 5) is 12.8. The minimum atomic E-state index is -1.31. The number of aliphatic hydroxyl groups is 1. The lowest BCUT2D eigenvalue weighted by molar-refractivity contribution is -0.116. The number of nitrogens with two attached hydrogens (primary N) is 1. The van der Waals surface area contributed by atoms with Crippen LogP contribution in [0.15, 0.2) is 35.9 Å². The highest BCUT2D eigenvalue weighted by atomic mass is 16.6. The molecule has 6 atom stereocenters. The van der Waals surface area contributed by atoms with E-state index in [0.717, 1.165) is 28.1 Å². The summed E-state index contributed by atoms with van der Waals surface area (Å²) in [7, 11) is 1.65. The Bertz CT molecular complexity index is 967. The molecule has 1 aromatic rings. The molecule has 3 rings (SSSR count). The van der Waals surface area contributed by atoms with E-state index in [1.165, 1.54) is 0 Å². The zero-order valence-corrected chi connectivity index (χ0v) is 21.8. The van der Waals surface area contributed by atoms with Gasteiger partial charge in [-0.2, -0.15) is 0 Å². The summed E-state index contributed by atoms with van der Waals surface area (Å²) < 4.78 is 11.7. The zero-order chi connectivity index (χ0) is 25.3. The molecule has 1 amide bonds. The molecule has 0 aliphatic carbocycles. The standard InChI is InChI=1S/C28H42N2O4/c1-17-9-8-10-19(3)28(29,32)16-18(2)20(4)26-27(6,34-26)12-11-25(31)30-23-14-22(13-17)15-24(33-7)21(23)5/h8-10,14-15,18-20,26,32H,11-13,16,29H2,1-7H3,(H,30,31)/b10-8+,17-9+/t18-,19+,20?,26-,27-,28-/m0/s1. The molecule has 2 heterocycles. The average Bonchev–Trinajstić information content (AvgIpc) is 3.44. The topological polar surface area (TPSA) is 97.1 Å². The van der Waals surface area contributed by atoms with Crippen molar-refractivity contribution in [3.05, 3.63) is 47.1 Å². The van der Waals surface area contributed by atoms with Crippen LogP contribution in [0.2, 0.25) is 0 Å². The van der Waals surface area contributed by atoms with E-state index >= 15 is 0 Å². The first-order valence-electron chi connectivity index (χ1n) is 12.4. The molecule has 1 unspecified atom stereocenters. The Morgan fingerprint density at radius 1 is 1.24 bits per heavy atom. The predicted molar refractivity (Wildman–Crippen MR) is 137 cm³/mol. The maximum Gasteiger partial charge on any atom is 0.224 e. The molecule has 0 radical (unpaired) electrons. The maximum atomic E-state index is 12.8. The first kappa shape index (κ1) is 26.5. The molecule has 6 heteroatoms. The molecule has 34 heavy (non-hydrogen) atoms. The van der Waals surface area contributed by atoms with Crippen molar-refractivity contribution < 1.29 is 19.4 Å². The number of nitrogens with one attached hydrogen (secondary N) is 1. The van der Waals surface area contributed by atoms with Crippen molar-refractivity contribution in [2.45, 2.75) is 84.7 Å². The number of epoxide rings is 1. The summed E-state index contributed by atoms with van der Waals surface area (Å²) >= 11 is 0. The number of hydrogen-bond donors (Lipinski definition) is 3. The second-order valence-electron chi connectivity index (χ2n) is 10.8. The van der Waals surface area contributed by atoms with Crippen molar-refractivity contribution in [1.29, 1.82) is 0 Å². The number of benzene rings is 1. The van der Waals surface area contributed by atoms with Crippen LogP contribution in [0.1, 0.15) is 65.0 Å². The highest BCUT2D eigenvalue weighted by molar-refractivity contribution is 5.92. The summed E-state index contributed by atoms with van der Waals surface area (Å²) in [5.41, 5.74) is 8.62. The first-order valence-corrected chi connectivity index (χ1v) is 12.4. The molecular formula is C28H42N2O4. The van der Waals surface area contributed by atoms with Gasteiger partial charge in [0.1, 0.15) is 11.5 Å². The van der Waals surface area contributed by atoms with Gasteiger partial charge in [0.25, 0.3) is 0 Å². The Morgan fingerprint density at radius 3 is 2.62 bits per heavy atom. The summed E-state index contributed by atoms with van der Waals surface area (Å²) in [6.07, 6.45) is 8.24. The van der Waals surface area contributed by atoms with Gasteiger partial charge in [0.05, 0.1) is 18.8 Å². The van der Waals surface area contributed by atoms with Crippen LogP contribution < -0.4 is 15.8 Å². The second kappa shape index (κ2) is 10.2. The van der Waals surface area contributed by atoms with Crippen molar-refractivity contribution in [1.82, 2.24) is 0 Å². The molecule has 6 nitrogen and oxygen atoms in total. The van der Waals surface area contributed by atoms with Gasteiger partial charge in [0.15, 0.2) is 0 Å². The Hall–Kier alpha value is -2.15. The Kier molecular flexibility index (Phi) is 7.96. The fraction of sp³-hybridized carbons (Fsp3) is 0.607. The van der Waals surface area contributed by atoms with E-state index in [1.54, 1.807) is 7.11 Å². The highest BCUT2D eigenvalue weighted by Crippen LogP contribution is 2.48. The number of ether oxygens (including phenoxy) is 2. The number of carbonyl (C=O) groups excluding carboxylic acids is 1. The third kappa shape index (κ3) is 6.09. The third-order valence-electron chi connectivity index (χ3n) is 7.78. The van der Waals surface area contributed by atoms with E-state index in [0.29, 0.717) is 25.7 Å². The zero-order valence-electron chi connectivity index (χ0n) is 21.8. The van der Waals surface area contributed by atoms with Crippen LogP contribution in [0.25, 0.3) is 0 Å². The van der Waals surface area contributed by atoms with Gasteiger partial charge < -0.3 is 25.6 Å². The van der Waals surface area contributed by atoms with Crippen molar-refractivity contribution >= 4 is 11.6 Å². The molecule has 1 aromatic carbocycles. The van der Waals surface area contributed by atoms with Crippen LogP contribution in [0.4, 0.5) is 5.69 Å². The summed E-state index contributed by atoms with van der Waals surface area (Å²) in [6, 6.07) is 4.04. The van der Waals surface area contributed by atoms with E-state index in [-0.39, 0.29) is 35.4 Å². The predicted octanol–water partition coefficient (Wildman–Crippen LogP) is 4.88. The second-order valence-corrected chi connectivity index (χ2v) is 10.8. The number of allylic oxidation sites excluding steroid dienone is 3. The number of methoxy groups -OCH3 is 1. The molecule has 188 valence electrons. The third-order valence-corrected chi connectivity index (χ3v) is 7.78. The number of anilines is 1. The number of carbonyl (C=O) groups is 1. The summed E-state index contributed by atoms with van der Waals surface area (Å²) in [5.74, 6) is 0.905.